The molecule has 0 saturated heterocycles. The predicted octanol–water partition coefficient (Wildman–Crippen LogP) is 5.83. The standard InChI is InChI=1S/C26H25N7O3S/c1-15-9-16(5-7-19(15)35-17-6-8-21-27-14-30-33(21)10-17)31-23-22-18-11-32(25(34)36-26(2,3)4)12-20(18)37-24(22)29-13-28-23/h5-10,13-14H,11-12H2,1-4H3,(H,28,29,31). The van der Waals surface area contributed by atoms with Gasteiger partial charge in [-0.1, -0.05) is 0 Å². The summed E-state index contributed by atoms with van der Waals surface area (Å²) in [6.45, 7) is 8.58. The van der Waals surface area contributed by atoms with E-state index in [9.17, 15) is 4.79 Å². The van der Waals surface area contributed by atoms with Crippen molar-refractivity contribution in [2.45, 2.75) is 46.4 Å². The Bertz CT molecular complexity index is 1650. The summed E-state index contributed by atoms with van der Waals surface area (Å²) in [4.78, 5) is 29.5. The highest BCUT2D eigenvalue weighted by molar-refractivity contribution is 7.19. The summed E-state index contributed by atoms with van der Waals surface area (Å²) in [5.74, 6) is 2.11. The van der Waals surface area contributed by atoms with Gasteiger partial charge in [0, 0.05) is 16.1 Å². The lowest BCUT2D eigenvalue weighted by Crippen LogP contribution is -2.33. The molecule has 4 aromatic heterocycles. The van der Waals surface area contributed by atoms with Gasteiger partial charge < -0.3 is 14.8 Å². The van der Waals surface area contributed by atoms with Crippen molar-refractivity contribution >= 4 is 44.8 Å². The Labute approximate surface area is 216 Å². The van der Waals surface area contributed by atoms with Gasteiger partial charge in [0.15, 0.2) is 5.65 Å². The molecule has 10 nitrogen and oxygen atoms in total. The first-order valence-electron chi connectivity index (χ1n) is 11.8. The average molecular weight is 516 g/mol. The van der Waals surface area contributed by atoms with E-state index in [2.05, 4.69) is 25.4 Å². The molecule has 37 heavy (non-hydrogen) atoms. The van der Waals surface area contributed by atoms with Crippen LogP contribution < -0.4 is 10.1 Å². The molecule has 0 fully saturated rings. The van der Waals surface area contributed by atoms with Gasteiger partial charge in [0.05, 0.1) is 24.7 Å². The summed E-state index contributed by atoms with van der Waals surface area (Å²) in [6.07, 6.45) is 4.55. The van der Waals surface area contributed by atoms with Crippen LogP contribution in [0.1, 0.15) is 36.8 Å². The number of hydrogen-bond donors (Lipinski definition) is 1. The lowest BCUT2D eigenvalue weighted by Gasteiger charge is -2.24. The number of fused-ring (bicyclic) bond motifs is 4. The van der Waals surface area contributed by atoms with E-state index in [-0.39, 0.29) is 6.09 Å². The summed E-state index contributed by atoms with van der Waals surface area (Å²) >= 11 is 1.59. The fourth-order valence-electron chi connectivity index (χ4n) is 4.27. The van der Waals surface area contributed by atoms with Crippen LogP contribution >= 0.6 is 11.3 Å². The summed E-state index contributed by atoms with van der Waals surface area (Å²) in [5.41, 5.74) is 3.11. The molecule has 0 aliphatic carbocycles. The number of carbonyl (C=O) groups is 1. The van der Waals surface area contributed by atoms with E-state index in [4.69, 9.17) is 9.47 Å². The Morgan fingerprint density at radius 3 is 2.76 bits per heavy atom. The zero-order valence-electron chi connectivity index (χ0n) is 20.8. The second-order valence-electron chi connectivity index (χ2n) is 9.88. The van der Waals surface area contributed by atoms with Crippen LogP contribution in [0, 0.1) is 6.92 Å². The third-order valence-corrected chi connectivity index (χ3v) is 7.04. The maximum absolute atomic E-state index is 12.6. The van der Waals surface area contributed by atoms with E-state index in [1.165, 1.54) is 6.33 Å². The van der Waals surface area contributed by atoms with E-state index < -0.39 is 5.60 Å². The largest absolute Gasteiger partial charge is 0.455 e. The second kappa shape index (κ2) is 8.70. The molecule has 1 aliphatic rings. The highest BCUT2D eigenvalue weighted by Crippen LogP contribution is 2.40. The Hall–Kier alpha value is -4.25. The van der Waals surface area contributed by atoms with Crippen LogP contribution in [-0.2, 0) is 17.8 Å². The Morgan fingerprint density at radius 1 is 1.08 bits per heavy atom. The number of nitrogens with zero attached hydrogens (tertiary/aromatic N) is 6. The van der Waals surface area contributed by atoms with Crippen LogP contribution in [0.4, 0.5) is 16.3 Å². The first-order valence-corrected chi connectivity index (χ1v) is 12.6. The van der Waals surface area contributed by atoms with Crippen LogP contribution in [0.25, 0.3) is 15.9 Å². The maximum atomic E-state index is 12.6. The molecule has 0 radical (unpaired) electrons. The first-order chi connectivity index (χ1) is 17.7. The van der Waals surface area contributed by atoms with Crippen molar-refractivity contribution in [3.05, 3.63) is 65.2 Å². The Kier molecular flexibility index (Phi) is 5.45. The van der Waals surface area contributed by atoms with Crippen molar-refractivity contribution in [3.8, 4) is 11.5 Å². The molecule has 0 spiro atoms. The maximum Gasteiger partial charge on any atom is 0.410 e. The molecule has 0 bridgehead atoms. The molecule has 1 aliphatic heterocycles. The number of nitrogens with one attached hydrogen (secondary N) is 1. The van der Waals surface area contributed by atoms with Crippen LogP contribution in [0.3, 0.4) is 0 Å². The van der Waals surface area contributed by atoms with Gasteiger partial charge in [-0.3, -0.25) is 4.90 Å². The van der Waals surface area contributed by atoms with Crippen molar-refractivity contribution in [1.29, 1.82) is 0 Å². The van der Waals surface area contributed by atoms with Gasteiger partial charge in [0.25, 0.3) is 0 Å². The van der Waals surface area contributed by atoms with Crippen LogP contribution in [0.5, 0.6) is 11.5 Å². The van der Waals surface area contributed by atoms with Crippen molar-refractivity contribution in [2.24, 2.45) is 0 Å². The van der Waals surface area contributed by atoms with E-state index in [0.29, 0.717) is 24.7 Å². The fourth-order valence-corrected chi connectivity index (χ4v) is 5.43. The molecular weight excluding hydrogens is 490 g/mol. The van der Waals surface area contributed by atoms with Gasteiger partial charge in [0.1, 0.15) is 40.4 Å². The van der Waals surface area contributed by atoms with Gasteiger partial charge in [-0.25, -0.2) is 24.3 Å². The number of aryl methyl sites for hydroxylation is 1. The highest BCUT2D eigenvalue weighted by Gasteiger charge is 2.32. The van der Waals surface area contributed by atoms with Crippen molar-refractivity contribution in [1.82, 2.24) is 29.5 Å². The molecule has 11 heteroatoms. The number of aromatic nitrogens is 5. The van der Waals surface area contributed by atoms with Crippen LogP contribution in [-0.4, -0.2) is 41.2 Å². The number of anilines is 2. The summed E-state index contributed by atoms with van der Waals surface area (Å²) in [7, 11) is 0. The first kappa shape index (κ1) is 23.2. The zero-order valence-corrected chi connectivity index (χ0v) is 21.7. The zero-order chi connectivity index (χ0) is 25.7. The minimum Gasteiger partial charge on any atom is -0.455 e. The third-order valence-electron chi connectivity index (χ3n) is 5.92. The van der Waals surface area contributed by atoms with Crippen molar-refractivity contribution in [2.75, 3.05) is 5.32 Å². The van der Waals surface area contributed by atoms with Gasteiger partial charge in [0.2, 0.25) is 0 Å². The normalized spacial score (nSPS) is 13.2. The summed E-state index contributed by atoms with van der Waals surface area (Å²) in [6, 6.07) is 9.60. The predicted molar refractivity (Wildman–Crippen MR) is 140 cm³/mol. The number of hydrogen-bond acceptors (Lipinski definition) is 9. The fraction of sp³-hybridized carbons (Fsp3) is 0.269. The molecule has 1 aromatic carbocycles. The molecular formula is C26H25N7O3S. The number of thiophene rings is 1. The monoisotopic (exact) mass is 515 g/mol. The van der Waals surface area contributed by atoms with Gasteiger partial charge in [-0.2, -0.15) is 5.10 Å². The molecule has 0 saturated carbocycles. The van der Waals surface area contributed by atoms with Gasteiger partial charge in [-0.15, -0.1) is 11.3 Å². The highest BCUT2D eigenvalue weighted by atomic mass is 32.1. The minimum absolute atomic E-state index is 0.315. The topological polar surface area (TPSA) is 107 Å². The van der Waals surface area contributed by atoms with E-state index in [0.717, 1.165) is 43.3 Å². The average Bonchev–Trinajstić information content (AvgIpc) is 3.54. The van der Waals surface area contributed by atoms with Crippen molar-refractivity contribution < 1.29 is 14.3 Å². The number of ether oxygens (including phenoxy) is 2. The molecule has 5 heterocycles. The minimum atomic E-state index is -0.540. The summed E-state index contributed by atoms with van der Waals surface area (Å²) < 4.78 is 13.3. The second-order valence-corrected chi connectivity index (χ2v) is 11.0. The Morgan fingerprint density at radius 2 is 1.95 bits per heavy atom. The number of rotatable bonds is 4. The molecule has 0 atom stereocenters. The van der Waals surface area contributed by atoms with E-state index >= 15 is 0 Å². The smallest absolute Gasteiger partial charge is 0.410 e. The van der Waals surface area contributed by atoms with Crippen molar-refractivity contribution in [3.63, 3.8) is 0 Å². The molecule has 1 N–H and O–H groups in total. The third kappa shape index (κ3) is 4.53. The number of carbonyl (C=O) groups excluding carboxylic acids is 1. The summed E-state index contributed by atoms with van der Waals surface area (Å²) in [5, 5.41) is 8.53. The molecule has 0 unspecified atom stereocenters. The van der Waals surface area contributed by atoms with Crippen LogP contribution in [0.2, 0.25) is 0 Å². The number of benzene rings is 1. The van der Waals surface area contributed by atoms with Crippen LogP contribution in [0.15, 0.2) is 49.2 Å². The lowest BCUT2D eigenvalue weighted by atomic mass is 10.1. The van der Waals surface area contributed by atoms with E-state index in [1.807, 2.05) is 58.0 Å². The number of amides is 1. The molecule has 6 rings (SSSR count). The van der Waals surface area contributed by atoms with Gasteiger partial charge in [-0.05, 0) is 63.6 Å². The number of pyridine rings is 1. The lowest BCUT2D eigenvalue weighted by molar-refractivity contribution is 0.0243. The SMILES string of the molecule is Cc1cc(Nc2ncnc3sc4c(c23)CN(C(=O)OC(C)(C)C)C4)ccc1Oc1ccc2ncnn2c1. The molecule has 188 valence electrons. The van der Waals surface area contributed by atoms with E-state index in [1.54, 1.807) is 33.3 Å². The quantitative estimate of drug-likeness (QED) is 0.319. The molecule has 5 aromatic rings. The molecule has 1 amide bonds. The Balaban J connectivity index is 1.23. The van der Waals surface area contributed by atoms with Gasteiger partial charge >= 0.3 is 6.09 Å².